The molecule has 0 saturated heterocycles. The van der Waals surface area contributed by atoms with Crippen molar-refractivity contribution in [2.75, 3.05) is 5.32 Å². The Kier molecular flexibility index (Phi) is 2.68. The fourth-order valence-electron chi connectivity index (χ4n) is 1.17. The lowest BCUT2D eigenvalue weighted by Crippen LogP contribution is -2.06. The Morgan fingerprint density at radius 1 is 1.40 bits per heavy atom. The molecule has 5 nitrogen and oxygen atoms in total. The number of thiazole rings is 1. The Labute approximate surface area is 91.5 Å². The summed E-state index contributed by atoms with van der Waals surface area (Å²) in [6.45, 7) is 5.77. The molecule has 2 rings (SSSR count). The lowest BCUT2D eigenvalue weighted by molar-refractivity contribution is 0.422. The molecule has 0 saturated carbocycles. The second-order valence-electron chi connectivity index (χ2n) is 3.34. The Bertz CT molecular complexity index is 450. The number of anilines is 1. The van der Waals surface area contributed by atoms with Crippen LogP contribution in [0.3, 0.4) is 0 Å². The second kappa shape index (κ2) is 3.98. The summed E-state index contributed by atoms with van der Waals surface area (Å²) in [4.78, 5) is 8.45. The number of rotatable bonds is 3. The minimum atomic E-state index is 0.0866. The molecule has 2 aromatic rings. The highest BCUT2D eigenvalue weighted by Gasteiger charge is 2.12. The standard InChI is InChI=1S/C9H12N4OS/c1-5-4-15-8(10-5)6(2)11-9-12-7(3)13-14-9/h4,6H,1-3H3,(H,11,12,13). The van der Waals surface area contributed by atoms with E-state index in [0.29, 0.717) is 11.8 Å². The highest BCUT2D eigenvalue weighted by Crippen LogP contribution is 2.21. The Hall–Kier alpha value is -1.43. The molecule has 2 aromatic heterocycles. The molecule has 0 radical (unpaired) electrons. The first-order valence-corrected chi connectivity index (χ1v) is 5.52. The van der Waals surface area contributed by atoms with Crippen LogP contribution in [0.4, 0.5) is 6.01 Å². The van der Waals surface area contributed by atoms with Crippen LogP contribution >= 0.6 is 11.3 Å². The van der Waals surface area contributed by atoms with E-state index in [1.165, 1.54) is 0 Å². The van der Waals surface area contributed by atoms with E-state index >= 15 is 0 Å². The molecule has 0 bridgehead atoms. The molecule has 0 fully saturated rings. The molecule has 1 atom stereocenters. The average Bonchev–Trinajstić information content (AvgIpc) is 2.75. The van der Waals surface area contributed by atoms with Crippen LogP contribution in [0.5, 0.6) is 0 Å². The molecule has 1 N–H and O–H groups in total. The van der Waals surface area contributed by atoms with Crippen molar-refractivity contribution in [3.05, 3.63) is 21.9 Å². The number of hydrogen-bond donors (Lipinski definition) is 1. The summed E-state index contributed by atoms with van der Waals surface area (Å²) in [5.41, 5.74) is 1.03. The molecule has 0 aromatic carbocycles. The zero-order chi connectivity index (χ0) is 10.8. The highest BCUT2D eigenvalue weighted by molar-refractivity contribution is 7.09. The van der Waals surface area contributed by atoms with Crippen LogP contribution in [0, 0.1) is 13.8 Å². The van der Waals surface area contributed by atoms with Gasteiger partial charge in [0, 0.05) is 11.1 Å². The number of nitrogens with zero attached hydrogens (tertiary/aromatic N) is 3. The number of hydrogen-bond acceptors (Lipinski definition) is 6. The van der Waals surface area contributed by atoms with E-state index in [1.807, 2.05) is 19.2 Å². The van der Waals surface area contributed by atoms with Crippen LogP contribution in [0.25, 0.3) is 0 Å². The summed E-state index contributed by atoms with van der Waals surface area (Å²) in [7, 11) is 0. The van der Waals surface area contributed by atoms with Crippen LogP contribution in [-0.2, 0) is 0 Å². The summed E-state index contributed by atoms with van der Waals surface area (Å²) < 4.78 is 4.97. The monoisotopic (exact) mass is 224 g/mol. The van der Waals surface area contributed by atoms with Gasteiger partial charge in [0.25, 0.3) is 0 Å². The maximum absolute atomic E-state index is 4.97. The fraction of sp³-hybridized carbons (Fsp3) is 0.444. The summed E-state index contributed by atoms with van der Waals surface area (Å²) in [5.74, 6) is 0.625. The van der Waals surface area contributed by atoms with E-state index in [4.69, 9.17) is 4.52 Å². The quantitative estimate of drug-likeness (QED) is 0.866. The molecular formula is C9H12N4OS. The summed E-state index contributed by atoms with van der Waals surface area (Å²) >= 11 is 1.62. The van der Waals surface area contributed by atoms with Crippen molar-refractivity contribution in [2.45, 2.75) is 26.8 Å². The van der Waals surface area contributed by atoms with Gasteiger partial charge < -0.3 is 9.84 Å². The lowest BCUT2D eigenvalue weighted by atomic mass is 10.3. The van der Waals surface area contributed by atoms with Crippen LogP contribution in [0.15, 0.2) is 9.90 Å². The third-order valence-corrected chi connectivity index (χ3v) is 3.02. The van der Waals surface area contributed by atoms with Gasteiger partial charge in [-0.25, -0.2) is 4.98 Å². The third-order valence-electron chi connectivity index (χ3n) is 1.87. The van der Waals surface area contributed by atoms with Gasteiger partial charge in [0.05, 0.1) is 6.04 Å². The van der Waals surface area contributed by atoms with Gasteiger partial charge in [0.2, 0.25) is 0 Å². The number of nitrogens with one attached hydrogen (secondary N) is 1. The maximum atomic E-state index is 4.97. The SMILES string of the molecule is Cc1csc(C(C)Nc2nc(C)no2)n1. The molecule has 0 aliphatic rings. The van der Waals surface area contributed by atoms with E-state index in [0.717, 1.165) is 10.7 Å². The number of aromatic nitrogens is 3. The van der Waals surface area contributed by atoms with Gasteiger partial charge in [-0.05, 0) is 20.8 Å². The van der Waals surface area contributed by atoms with Gasteiger partial charge in [-0.1, -0.05) is 5.16 Å². The minimum Gasteiger partial charge on any atom is -0.329 e. The van der Waals surface area contributed by atoms with E-state index in [2.05, 4.69) is 20.4 Å². The van der Waals surface area contributed by atoms with Crippen LogP contribution in [0.2, 0.25) is 0 Å². The normalized spacial score (nSPS) is 12.7. The predicted octanol–water partition coefficient (Wildman–Crippen LogP) is 2.32. The molecule has 80 valence electrons. The van der Waals surface area contributed by atoms with Crippen molar-refractivity contribution in [2.24, 2.45) is 0 Å². The van der Waals surface area contributed by atoms with Gasteiger partial charge >= 0.3 is 6.01 Å². The van der Waals surface area contributed by atoms with E-state index in [-0.39, 0.29) is 6.04 Å². The van der Waals surface area contributed by atoms with E-state index in [9.17, 15) is 0 Å². The smallest absolute Gasteiger partial charge is 0.322 e. The first-order valence-electron chi connectivity index (χ1n) is 4.64. The van der Waals surface area contributed by atoms with Gasteiger partial charge in [0.1, 0.15) is 5.01 Å². The van der Waals surface area contributed by atoms with Crippen molar-refractivity contribution in [3.8, 4) is 0 Å². The molecule has 0 spiro atoms. The van der Waals surface area contributed by atoms with Gasteiger partial charge in [0.15, 0.2) is 5.82 Å². The molecule has 15 heavy (non-hydrogen) atoms. The Morgan fingerprint density at radius 2 is 2.20 bits per heavy atom. The van der Waals surface area contributed by atoms with Crippen LogP contribution in [0.1, 0.15) is 29.5 Å². The minimum absolute atomic E-state index is 0.0866. The molecule has 0 aliphatic heterocycles. The highest BCUT2D eigenvalue weighted by atomic mass is 32.1. The van der Waals surface area contributed by atoms with Crippen molar-refractivity contribution >= 4 is 17.4 Å². The zero-order valence-corrected chi connectivity index (χ0v) is 9.63. The first-order chi connectivity index (χ1) is 7.15. The van der Waals surface area contributed by atoms with Crippen LogP contribution in [-0.4, -0.2) is 15.1 Å². The zero-order valence-electron chi connectivity index (χ0n) is 8.81. The molecule has 1 unspecified atom stereocenters. The topological polar surface area (TPSA) is 63.8 Å². The number of aryl methyl sites for hydroxylation is 2. The average molecular weight is 224 g/mol. The molecule has 2 heterocycles. The summed E-state index contributed by atoms with van der Waals surface area (Å²) in [5, 5.41) is 9.84. The Balaban J connectivity index is 2.06. The largest absolute Gasteiger partial charge is 0.329 e. The second-order valence-corrected chi connectivity index (χ2v) is 4.23. The fourth-order valence-corrected chi connectivity index (χ4v) is 1.98. The molecule has 0 aliphatic carbocycles. The molecule has 6 heteroatoms. The van der Waals surface area contributed by atoms with Crippen molar-refractivity contribution in [1.29, 1.82) is 0 Å². The Morgan fingerprint density at radius 3 is 2.73 bits per heavy atom. The van der Waals surface area contributed by atoms with E-state index in [1.54, 1.807) is 18.3 Å². The lowest BCUT2D eigenvalue weighted by Gasteiger charge is -2.07. The van der Waals surface area contributed by atoms with Gasteiger partial charge in [-0.15, -0.1) is 11.3 Å². The van der Waals surface area contributed by atoms with E-state index < -0.39 is 0 Å². The van der Waals surface area contributed by atoms with Crippen molar-refractivity contribution in [3.63, 3.8) is 0 Å². The van der Waals surface area contributed by atoms with Crippen LogP contribution < -0.4 is 5.32 Å². The van der Waals surface area contributed by atoms with Gasteiger partial charge in [-0.2, -0.15) is 4.98 Å². The predicted molar refractivity (Wildman–Crippen MR) is 57.9 cm³/mol. The molecular weight excluding hydrogens is 212 g/mol. The molecule has 0 amide bonds. The van der Waals surface area contributed by atoms with Gasteiger partial charge in [-0.3, -0.25) is 0 Å². The maximum Gasteiger partial charge on any atom is 0.322 e. The first kappa shape index (κ1) is 10.1. The summed E-state index contributed by atoms with van der Waals surface area (Å²) in [6.07, 6.45) is 0. The summed E-state index contributed by atoms with van der Waals surface area (Å²) in [6, 6.07) is 0.524. The van der Waals surface area contributed by atoms with Crippen molar-refractivity contribution in [1.82, 2.24) is 15.1 Å². The van der Waals surface area contributed by atoms with Crippen molar-refractivity contribution < 1.29 is 4.52 Å². The third kappa shape index (κ3) is 2.33.